The minimum atomic E-state index is -0.306. The Balaban J connectivity index is 2.87. The number of hydrogen-bond acceptors (Lipinski definition) is 4. The normalized spacial score (nSPS) is 11.2. The highest BCUT2D eigenvalue weighted by molar-refractivity contribution is 6.00. The Morgan fingerprint density at radius 2 is 2.11 bits per heavy atom. The number of carbonyl (C=O) groups excluding carboxylic acids is 1. The van der Waals surface area contributed by atoms with Gasteiger partial charge in [0.25, 0.3) is 5.91 Å². The molecule has 0 radical (unpaired) electrons. The molecule has 0 spiro atoms. The summed E-state index contributed by atoms with van der Waals surface area (Å²) in [7, 11) is 1.60. The molecule has 4 N–H and O–H groups in total. The lowest BCUT2D eigenvalue weighted by Gasteiger charge is -2.26. The molecule has 0 fully saturated rings. The van der Waals surface area contributed by atoms with Gasteiger partial charge >= 0.3 is 0 Å². The second-order valence-corrected chi connectivity index (χ2v) is 4.93. The second-order valence-electron chi connectivity index (χ2n) is 4.93. The molecule has 106 valence electrons. The summed E-state index contributed by atoms with van der Waals surface area (Å²) in [6.45, 7) is 7.19. The fraction of sp³-hybridized carbons (Fsp3) is 0.500. The fourth-order valence-electron chi connectivity index (χ4n) is 1.79. The number of amides is 1. The van der Waals surface area contributed by atoms with Gasteiger partial charge in [-0.25, -0.2) is 0 Å². The van der Waals surface area contributed by atoms with Gasteiger partial charge in [-0.05, 0) is 39.0 Å². The molecule has 0 aliphatic rings. The van der Waals surface area contributed by atoms with E-state index in [0.29, 0.717) is 30.1 Å². The van der Waals surface area contributed by atoms with Gasteiger partial charge in [0.05, 0.1) is 11.2 Å². The van der Waals surface area contributed by atoms with Crippen molar-refractivity contribution < 1.29 is 9.53 Å². The predicted molar refractivity (Wildman–Crippen MR) is 78.4 cm³/mol. The van der Waals surface area contributed by atoms with Crippen LogP contribution in [0, 0.1) is 0 Å². The van der Waals surface area contributed by atoms with Crippen LogP contribution < -0.4 is 16.4 Å². The molecule has 0 unspecified atom stereocenters. The largest absolute Gasteiger partial charge is 0.399 e. The number of nitrogen functional groups attached to an aromatic ring is 1. The van der Waals surface area contributed by atoms with Gasteiger partial charge in [-0.15, -0.1) is 0 Å². The summed E-state index contributed by atoms with van der Waals surface area (Å²) in [6.07, 6.45) is 0. The van der Waals surface area contributed by atoms with E-state index in [-0.39, 0.29) is 11.5 Å². The van der Waals surface area contributed by atoms with Gasteiger partial charge in [0.15, 0.2) is 0 Å². The third-order valence-corrected chi connectivity index (χ3v) is 2.75. The van der Waals surface area contributed by atoms with E-state index in [9.17, 15) is 4.79 Å². The number of ether oxygens (including phenoxy) is 1. The van der Waals surface area contributed by atoms with Crippen molar-refractivity contribution in [3.63, 3.8) is 0 Å². The van der Waals surface area contributed by atoms with E-state index in [1.807, 2.05) is 20.8 Å². The van der Waals surface area contributed by atoms with Gasteiger partial charge in [-0.3, -0.25) is 4.79 Å². The molecule has 0 bridgehead atoms. The van der Waals surface area contributed by atoms with Gasteiger partial charge in [0.1, 0.15) is 0 Å². The highest BCUT2D eigenvalue weighted by Crippen LogP contribution is 2.21. The minimum absolute atomic E-state index is 0.142. The molecule has 0 aromatic heterocycles. The average Bonchev–Trinajstić information content (AvgIpc) is 2.35. The van der Waals surface area contributed by atoms with Crippen molar-refractivity contribution in [2.24, 2.45) is 0 Å². The van der Waals surface area contributed by atoms with E-state index >= 15 is 0 Å². The summed E-state index contributed by atoms with van der Waals surface area (Å²) in [5.41, 5.74) is 7.36. The third-order valence-electron chi connectivity index (χ3n) is 2.75. The molecule has 1 rings (SSSR count). The van der Waals surface area contributed by atoms with Crippen LogP contribution in [0.1, 0.15) is 31.1 Å². The maximum atomic E-state index is 11.8. The van der Waals surface area contributed by atoms with Crippen molar-refractivity contribution in [2.45, 2.75) is 26.4 Å². The Hall–Kier alpha value is -1.75. The fourth-order valence-corrected chi connectivity index (χ4v) is 1.79. The summed E-state index contributed by atoms with van der Waals surface area (Å²) in [4.78, 5) is 11.8. The Kier molecular flexibility index (Phi) is 5.18. The molecular weight excluding hydrogens is 242 g/mol. The van der Waals surface area contributed by atoms with Crippen LogP contribution in [0.5, 0.6) is 0 Å². The molecule has 0 aliphatic heterocycles. The van der Waals surface area contributed by atoms with E-state index in [4.69, 9.17) is 10.5 Å². The first-order chi connectivity index (χ1) is 8.89. The van der Waals surface area contributed by atoms with Crippen LogP contribution >= 0.6 is 0 Å². The topological polar surface area (TPSA) is 76.4 Å². The average molecular weight is 265 g/mol. The molecule has 5 nitrogen and oxygen atoms in total. The van der Waals surface area contributed by atoms with Gasteiger partial charge in [-0.2, -0.15) is 0 Å². The van der Waals surface area contributed by atoms with Crippen molar-refractivity contribution in [3.05, 3.63) is 23.8 Å². The molecular formula is C14H23N3O2. The number of rotatable bonds is 6. The number of nitrogens with one attached hydrogen (secondary N) is 2. The zero-order chi connectivity index (χ0) is 14.5. The lowest BCUT2D eigenvalue weighted by molar-refractivity contribution is 0.000678. The van der Waals surface area contributed by atoms with Crippen molar-refractivity contribution in [2.75, 3.05) is 31.2 Å². The molecule has 0 atom stereocenters. The molecule has 0 heterocycles. The monoisotopic (exact) mass is 265 g/mol. The van der Waals surface area contributed by atoms with Gasteiger partial charge in [-0.1, -0.05) is 0 Å². The SMILES string of the molecule is CCOC(C)(C)CNc1cc(N)ccc1C(=O)NC. The molecule has 0 saturated heterocycles. The summed E-state index contributed by atoms with van der Waals surface area (Å²) in [5, 5.41) is 5.84. The van der Waals surface area contributed by atoms with Gasteiger partial charge in [0.2, 0.25) is 0 Å². The van der Waals surface area contributed by atoms with E-state index < -0.39 is 0 Å². The van der Waals surface area contributed by atoms with Crippen LogP contribution in [0.4, 0.5) is 11.4 Å². The smallest absolute Gasteiger partial charge is 0.253 e. The number of nitrogens with two attached hydrogens (primary N) is 1. The molecule has 19 heavy (non-hydrogen) atoms. The summed E-state index contributed by atoms with van der Waals surface area (Å²) < 4.78 is 5.61. The summed E-state index contributed by atoms with van der Waals surface area (Å²) in [6, 6.07) is 5.18. The maximum Gasteiger partial charge on any atom is 0.253 e. The van der Waals surface area contributed by atoms with Crippen LogP contribution in [0.25, 0.3) is 0 Å². The van der Waals surface area contributed by atoms with Crippen molar-refractivity contribution in [1.29, 1.82) is 0 Å². The van der Waals surface area contributed by atoms with E-state index in [0.717, 1.165) is 0 Å². The zero-order valence-electron chi connectivity index (χ0n) is 12.0. The first-order valence-electron chi connectivity index (χ1n) is 6.39. The third kappa shape index (κ3) is 4.44. The maximum absolute atomic E-state index is 11.8. The van der Waals surface area contributed by atoms with E-state index in [1.54, 1.807) is 25.2 Å². The van der Waals surface area contributed by atoms with Gasteiger partial charge < -0.3 is 21.1 Å². The minimum Gasteiger partial charge on any atom is -0.399 e. The standard InChI is InChI=1S/C14H23N3O2/c1-5-19-14(2,3)9-17-12-8-10(15)6-7-11(12)13(18)16-4/h6-8,17H,5,9,15H2,1-4H3,(H,16,18). The predicted octanol–water partition coefficient (Wildman–Crippen LogP) is 1.86. The van der Waals surface area contributed by atoms with Crippen LogP contribution in [0.2, 0.25) is 0 Å². The molecule has 5 heteroatoms. The van der Waals surface area contributed by atoms with E-state index in [2.05, 4.69) is 10.6 Å². The molecule has 0 saturated carbocycles. The van der Waals surface area contributed by atoms with Crippen molar-refractivity contribution in [3.8, 4) is 0 Å². The quantitative estimate of drug-likeness (QED) is 0.686. The van der Waals surface area contributed by atoms with Crippen LogP contribution in [-0.4, -0.2) is 31.7 Å². The Labute approximate surface area is 114 Å². The Morgan fingerprint density at radius 1 is 1.42 bits per heavy atom. The highest BCUT2D eigenvalue weighted by Gasteiger charge is 2.18. The number of hydrogen-bond donors (Lipinski definition) is 3. The highest BCUT2D eigenvalue weighted by atomic mass is 16.5. The van der Waals surface area contributed by atoms with Crippen LogP contribution in [-0.2, 0) is 4.74 Å². The van der Waals surface area contributed by atoms with Crippen LogP contribution in [0.3, 0.4) is 0 Å². The molecule has 1 aromatic carbocycles. The Morgan fingerprint density at radius 3 is 2.68 bits per heavy atom. The first-order valence-corrected chi connectivity index (χ1v) is 6.39. The van der Waals surface area contributed by atoms with Crippen molar-refractivity contribution in [1.82, 2.24) is 5.32 Å². The number of anilines is 2. The lowest BCUT2D eigenvalue weighted by atomic mass is 10.1. The summed E-state index contributed by atoms with van der Waals surface area (Å²) >= 11 is 0. The lowest BCUT2D eigenvalue weighted by Crippen LogP contribution is -2.34. The molecule has 1 aromatic rings. The number of carbonyl (C=O) groups is 1. The Bertz CT molecular complexity index is 444. The zero-order valence-corrected chi connectivity index (χ0v) is 12.0. The molecule has 1 amide bonds. The van der Waals surface area contributed by atoms with E-state index in [1.165, 1.54) is 0 Å². The molecule has 0 aliphatic carbocycles. The number of benzene rings is 1. The van der Waals surface area contributed by atoms with Crippen LogP contribution in [0.15, 0.2) is 18.2 Å². The summed E-state index contributed by atoms with van der Waals surface area (Å²) in [5.74, 6) is -0.142. The second kappa shape index (κ2) is 6.43. The van der Waals surface area contributed by atoms with Gasteiger partial charge in [0, 0.05) is 31.6 Å². The van der Waals surface area contributed by atoms with Crippen molar-refractivity contribution >= 4 is 17.3 Å². The first kappa shape index (κ1) is 15.3.